The summed E-state index contributed by atoms with van der Waals surface area (Å²) in [6.45, 7) is 1.90. The van der Waals surface area contributed by atoms with Crippen LogP contribution in [-0.2, 0) is 0 Å². The third-order valence-corrected chi connectivity index (χ3v) is 3.55. The van der Waals surface area contributed by atoms with Gasteiger partial charge in [0.1, 0.15) is 0 Å². The van der Waals surface area contributed by atoms with Gasteiger partial charge in [0.25, 0.3) is 0 Å². The first-order valence-corrected chi connectivity index (χ1v) is 6.45. The molecule has 3 aromatic rings. The highest BCUT2D eigenvalue weighted by Crippen LogP contribution is 2.23. The number of aromatic carboxylic acids is 1. The van der Waals surface area contributed by atoms with Crippen LogP contribution < -0.4 is 0 Å². The Morgan fingerprint density at radius 3 is 2.67 bits per heavy atom. The van der Waals surface area contributed by atoms with Crippen LogP contribution in [0.4, 0.5) is 0 Å². The molecule has 0 unspecified atom stereocenters. The predicted octanol–water partition coefficient (Wildman–Crippen LogP) is 3.51. The summed E-state index contributed by atoms with van der Waals surface area (Å²) in [5.74, 6) is -0.932. The molecule has 0 radical (unpaired) electrons. The molecule has 0 aliphatic rings. The summed E-state index contributed by atoms with van der Waals surface area (Å²) in [4.78, 5) is 11.0. The number of rotatable bonds is 2. The van der Waals surface area contributed by atoms with Gasteiger partial charge in [0, 0.05) is 17.3 Å². The molecule has 4 nitrogen and oxygen atoms in total. The fraction of sp³-hybridized carbons (Fsp3) is 0.0588. The summed E-state index contributed by atoms with van der Waals surface area (Å²) in [7, 11) is 0. The van der Waals surface area contributed by atoms with Crippen molar-refractivity contribution in [1.82, 2.24) is 4.57 Å². The Balaban J connectivity index is 2.15. The number of nitrogens with zero attached hydrogens (tertiary/aromatic N) is 2. The van der Waals surface area contributed by atoms with Gasteiger partial charge in [-0.15, -0.1) is 0 Å². The lowest BCUT2D eigenvalue weighted by molar-refractivity contribution is 0.0697. The second-order valence-electron chi connectivity index (χ2n) is 4.88. The highest BCUT2D eigenvalue weighted by Gasteiger charge is 2.08. The number of hydrogen-bond donors (Lipinski definition) is 1. The van der Waals surface area contributed by atoms with Crippen LogP contribution in [0.15, 0.2) is 48.7 Å². The van der Waals surface area contributed by atoms with Crippen molar-refractivity contribution < 1.29 is 9.90 Å². The van der Waals surface area contributed by atoms with E-state index in [0.29, 0.717) is 5.56 Å². The zero-order valence-electron chi connectivity index (χ0n) is 11.4. The van der Waals surface area contributed by atoms with Crippen molar-refractivity contribution in [3.63, 3.8) is 0 Å². The van der Waals surface area contributed by atoms with Crippen LogP contribution in [0, 0.1) is 18.3 Å². The molecule has 0 aliphatic carbocycles. The predicted molar refractivity (Wildman–Crippen MR) is 79.7 cm³/mol. The number of carboxylic acids is 1. The fourth-order valence-corrected chi connectivity index (χ4v) is 2.42. The maximum Gasteiger partial charge on any atom is 0.335 e. The lowest BCUT2D eigenvalue weighted by Gasteiger charge is -2.07. The molecule has 21 heavy (non-hydrogen) atoms. The third-order valence-electron chi connectivity index (χ3n) is 3.55. The highest BCUT2D eigenvalue weighted by atomic mass is 16.4. The zero-order chi connectivity index (χ0) is 15.0. The minimum atomic E-state index is -0.932. The first-order valence-electron chi connectivity index (χ1n) is 6.45. The lowest BCUT2D eigenvalue weighted by atomic mass is 10.1. The van der Waals surface area contributed by atoms with E-state index in [4.69, 9.17) is 10.4 Å². The van der Waals surface area contributed by atoms with Gasteiger partial charge in [0.15, 0.2) is 0 Å². The molecule has 4 heteroatoms. The molecule has 1 heterocycles. The zero-order valence-corrected chi connectivity index (χ0v) is 11.4. The molecule has 3 rings (SSSR count). The van der Waals surface area contributed by atoms with Crippen molar-refractivity contribution in [2.24, 2.45) is 0 Å². The normalized spacial score (nSPS) is 10.5. The maximum absolute atomic E-state index is 11.0. The van der Waals surface area contributed by atoms with E-state index < -0.39 is 5.97 Å². The van der Waals surface area contributed by atoms with Crippen molar-refractivity contribution in [2.75, 3.05) is 0 Å². The molecule has 0 atom stereocenters. The molecule has 1 aromatic heterocycles. The van der Waals surface area contributed by atoms with Gasteiger partial charge in [-0.05, 0) is 55.0 Å². The Labute approximate surface area is 121 Å². The Hall–Kier alpha value is -3.06. The van der Waals surface area contributed by atoms with Crippen LogP contribution in [0.3, 0.4) is 0 Å². The van der Waals surface area contributed by atoms with Crippen molar-refractivity contribution in [3.8, 4) is 11.8 Å². The van der Waals surface area contributed by atoms with Gasteiger partial charge in [0.2, 0.25) is 0 Å². The second kappa shape index (κ2) is 4.80. The summed E-state index contributed by atoms with van der Waals surface area (Å²) in [6.07, 6.45) is 1.90. The van der Waals surface area contributed by atoms with Gasteiger partial charge in [-0.25, -0.2) is 4.79 Å². The fourth-order valence-electron chi connectivity index (χ4n) is 2.42. The number of hydrogen-bond acceptors (Lipinski definition) is 2. The van der Waals surface area contributed by atoms with Crippen LogP contribution in [0.2, 0.25) is 0 Å². The Morgan fingerprint density at radius 2 is 2.00 bits per heavy atom. The van der Waals surface area contributed by atoms with Crippen LogP contribution in [-0.4, -0.2) is 15.6 Å². The monoisotopic (exact) mass is 276 g/mol. The van der Waals surface area contributed by atoms with Gasteiger partial charge in [-0.2, -0.15) is 5.26 Å². The first-order chi connectivity index (χ1) is 10.1. The minimum Gasteiger partial charge on any atom is -0.478 e. The molecule has 0 bridgehead atoms. The van der Waals surface area contributed by atoms with Gasteiger partial charge in [-0.1, -0.05) is 0 Å². The van der Waals surface area contributed by atoms with E-state index in [2.05, 4.69) is 6.07 Å². The number of benzene rings is 2. The minimum absolute atomic E-state index is 0.274. The average molecular weight is 276 g/mol. The first kappa shape index (κ1) is 12.9. The molecular weight excluding hydrogens is 264 g/mol. The van der Waals surface area contributed by atoms with Gasteiger partial charge in [-0.3, -0.25) is 0 Å². The lowest BCUT2D eigenvalue weighted by Crippen LogP contribution is -1.97. The van der Waals surface area contributed by atoms with E-state index in [-0.39, 0.29) is 5.56 Å². The van der Waals surface area contributed by atoms with E-state index in [1.54, 1.807) is 24.3 Å². The van der Waals surface area contributed by atoms with E-state index in [1.807, 2.05) is 35.9 Å². The summed E-state index contributed by atoms with van der Waals surface area (Å²) in [5.41, 5.74) is 3.73. The topological polar surface area (TPSA) is 66.0 Å². The molecule has 102 valence electrons. The Kier molecular flexibility index (Phi) is 2.96. The van der Waals surface area contributed by atoms with Crippen molar-refractivity contribution in [1.29, 1.82) is 5.26 Å². The molecule has 0 saturated carbocycles. The van der Waals surface area contributed by atoms with Crippen LogP contribution in [0.5, 0.6) is 0 Å². The standard InChI is InChI=1S/C17H12N2O2/c1-11-8-15(4-2-14(11)10-18)19-7-6-12-9-13(17(20)21)3-5-16(12)19/h2-9H,1H3,(H,20,21). The van der Waals surface area contributed by atoms with E-state index in [0.717, 1.165) is 22.2 Å². The molecule has 0 amide bonds. The SMILES string of the molecule is Cc1cc(-n2ccc3cc(C(=O)O)ccc32)ccc1C#N. The number of carbonyl (C=O) groups is 1. The van der Waals surface area contributed by atoms with E-state index in [1.165, 1.54) is 0 Å². The van der Waals surface area contributed by atoms with Gasteiger partial charge < -0.3 is 9.67 Å². The Bertz CT molecular complexity index is 901. The molecule has 0 spiro atoms. The maximum atomic E-state index is 11.0. The van der Waals surface area contributed by atoms with E-state index in [9.17, 15) is 4.79 Å². The highest BCUT2D eigenvalue weighted by molar-refractivity contribution is 5.94. The molecular formula is C17H12N2O2. The van der Waals surface area contributed by atoms with Crippen molar-refractivity contribution in [3.05, 3.63) is 65.4 Å². The number of aryl methyl sites for hydroxylation is 1. The second-order valence-corrected chi connectivity index (χ2v) is 4.88. The van der Waals surface area contributed by atoms with Gasteiger partial charge in [0.05, 0.1) is 22.7 Å². The Morgan fingerprint density at radius 1 is 1.19 bits per heavy atom. The number of nitriles is 1. The molecule has 0 fully saturated rings. The van der Waals surface area contributed by atoms with Crippen LogP contribution in [0.25, 0.3) is 16.6 Å². The van der Waals surface area contributed by atoms with Crippen molar-refractivity contribution >= 4 is 16.9 Å². The molecule has 1 N–H and O–H groups in total. The number of aromatic nitrogens is 1. The molecule has 2 aromatic carbocycles. The van der Waals surface area contributed by atoms with Crippen LogP contribution >= 0.6 is 0 Å². The number of fused-ring (bicyclic) bond motifs is 1. The quantitative estimate of drug-likeness (QED) is 0.778. The number of carboxylic acid groups (broad SMARTS) is 1. The summed E-state index contributed by atoms with van der Waals surface area (Å²) in [6, 6.07) is 14.7. The molecule has 0 saturated heterocycles. The largest absolute Gasteiger partial charge is 0.478 e. The van der Waals surface area contributed by atoms with Crippen molar-refractivity contribution in [2.45, 2.75) is 6.92 Å². The average Bonchev–Trinajstić information content (AvgIpc) is 2.90. The molecule has 0 aliphatic heterocycles. The van der Waals surface area contributed by atoms with Crippen LogP contribution in [0.1, 0.15) is 21.5 Å². The third kappa shape index (κ3) is 2.15. The van der Waals surface area contributed by atoms with Gasteiger partial charge >= 0.3 is 5.97 Å². The summed E-state index contributed by atoms with van der Waals surface area (Å²) < 4.78 is 1.98. The smallest absolute Gasteiger partial charge is 0.335 e. The van der Waals surface area contributed by atoms with E-state index >= 15 is 0 Å². The summed E-state index contributed by atoms with van der Waals surface area (Å²) >= 11 is 0. The summed E-state index contributed by atoms with van der Waals surface area (Å²) in [5, 5.41) is 18.9.